The van der Waals surface area contributed by atoms with Crippen molar-refractivity contribution in [3.8, 4) is 0 Å². The van der Waals surface area contributed by atoms with E-state index in [1.165, 1.54) is 19.3 Å². The largest absolute Gasteiger partial charge is 0.453 e. The van der Waals surface area contributed by atoms with Gasteiger partial charge in [0, 0.05) is 19.4 Å². The number of carbonyl (C=O) groups is 1. The van der Waals surface area contributed by atoms with Gasteiger partial charge in [-0.05, 0) is 12.8 Å². The zero-order chi connectivity index (χ0) is 17.1. The molecule has 0 saturated heterocycles. The Balaban J connectivity index is 3.55. The molecule has 2 nitrogen and oxygen atoms in total. The first kappa shape index (κ1) is 21.1. The molecule has 0 aromatic heterocycles. The van der Waals surface area contributed by atoms with Gasteiger partial charge in [0.2, 0.25) is 5.91 Å². The van der Waals surface area contributed by atoms with Gasteiger partial charge in [0.25, 0.3) is 0 Å². The number of alkyl halides is 5. The Morgan fingerprint density at radius 3 is 1.95 bits per heavy atom. The average Bonchev–Trinajstić information content (AvgIpc) is 2.40. The van der Waals surface area contributed by atoms with Gasteiger partial charge in [-0.25, -0.2) is 0 Å². The molecule has 22 heavy (non-hydrogen) atoms. The minimum atomic E-state index is -5.54. The normalized spacial score (nSPS) is 12.5. The van der Waals surface area contributed by atoms with Crippen LogP contribution in [0.5, 0.6) is 0 Å². The van der Waals surface area contributed by atoms with Crippen molar-refractivity contribution in [3.63, 3.8) is 0 Å². The molecule has 0 aliphatic heterocycles. The summed E-state index contributed by atoms with van der Waals surface area (Å²) in [5.74, 6) is -5.19. The molecule has 1 amide bonds. The lowest BCUT2D eigenvalue weighted by atomic mass is 10.1. The topological polar surface area (TPSA) is 29.1 Å². The van der Waals surface area contributed by atoms with Gasteiger partial charge >= 0.3 is 12.1 Å². The minimum Gasteiger partial charge on any atom is -0.356 e. The second-order valence-electron chi connectivity index (χ2n) is 5.53. The highest BCUT2D eigenvalue weighted by molar-refractivity contribution is 5.75. The number of rotatable bonds is 12. The third-order valence-electron chi connectivity index (χ3n) is 3.41. The van der Waals surface area contributed by atoms with Crippen LogP contribution in [0.2, 0.25) is 0 Å². The summed E-state index contributed by atoms with van der Waals surface area (Å²) in [4.78, 5) is 11.3. The van der Waals surface area contributed by atoms with Gasteiger partial charge in [-0.2, -0.15) is 22.0 Å². The van der Waals surface area contributed by atoms with E-state index in [9.17, 15) is 26.7 Å². The van der Waals surface area contributed by atoms with E-state index in [2.05, 4.69) is 12.2 Å². The lowest BCUT2D eigenvalue weighted by molar-refractivity contribution is -0.284. The van der Waals surface area contributed by atoms with Crippen LogP contribution < -0.4 is 5.32 Å². The van der Waals surface area contributed by atoms with E-state index in [0.29, 0.717) is 6.54 Å². The van der Waals surface area contributed by atoms with Crippen molar-refractivity contribution in [2.45, 2.75) is 83.2 Å². The van der Waals surface area contributed by atoms with Gasteiger partial charge in [0.15, 0.2) is 0 Å². The Morgan fingerprint density at radius 2 is 1.41 bits per heavy atom. The van der Waals surface area contributed by atoms with Crippen molar-refractivity contribution in [3.05, 3.63) is 0 Å². The zero-order valence-electron chi connectivity index (χ0n) is 13.1. The van der Waals surface area contributed by atoms with Crippen LogP contribution in [-0.2, 0) is 4.79 Å². The summed E-state index contributed by atoms with van der Waals surface area (Å²) in [6, 6.07) is 0. The summed E-state index contributed by atoms with van der Waals surface area (Å²) in [6.07, 6.45) is -0.0200. The molecule has 0 aliphatic carbocycles. The fraction of sp³-hybridized carbons (Fsp3) is 0.933. The number of unbranched alkanes of at least 4 members (excludes halogenated alkanes) is 6. The molecule has 0 rings (SSSR count). The molecular weight excluding hydrogens is 305 g/mol. The van der Waals surface area contributed by atoms with Crippen molar-refractivity contribution >= 4 is 5.91 Å². The second-order valence-corrected chi connectivity index (χ2v) is 5.53. The van der Waals surface area contributed by atoms with Crippen LogP contribution >= 0.6 is 0 Å². The fourth-order valence-electron chi connectivity index (χ4n) is 2.01. The molecule has 0 atom stereocenters. The molecule has 0 heterocycles. The molecule has 0 aromatic carbocycles. The van der Waals surface area contributed by atoms with Gasteiger partial charge in [-0.3, -0.25) is 4.79 Å². The number of hydrogen-bond acceptors (Lipinski definition) is 1. The van der Waals surface area contributed by atoms with Crippen molar-refractivity contribution in [2.24, 2.45) is 0 Å². The maximum Gasteiger partial charge on any atom is 0.453 e. The smallest absolute Gasteiger partial charge is 0.356 e. The predicted molar refractivity (Wildman–Crippen MR) is 75.9 cm³/mol. The van der Waals surface area contributed by atoms with Crippen molar-refractivity contribution in [2.75, 3.05) is 6.54 Å². The molecule has 0 radical (unpaired) electrons. The highest BCUT2D eigenvalue weighted by atomic mass is 19.4. The quantitative estimate of drug-likeness (QED) is 0.385. The van der Waals surface area contributed by atoms with Crippen LogP contribution in [0, 0.1) is 0 Å². The van der Waals surface area contributed by atoms with Crippen LogP contribution in [0.4, 0.5) is 22.0 Å². The van der Waals surface area contributed by atoms with E-state index in [4.69, 9.17) is 0 Å². The first-order chi connectivity index (χ1) is 10.2. The van der Waals surface area contributed by atoms with Crippen LogP contribution in [0.15, 0.2) is 0 Å². The Bertz CT molecular complexity index is 305. The minimum absolute atomic E-state index is 0.303. The molecule has 0 aromatic rings. The zero-order valence-corrected chi connectivity index (χ0v) is 13.1. The Kier molecular flexibility index (Phi) is 10.3. The SMILES string of the molecule is CCCCCCCCCNC(=O)CCCC(F)(F)C(F)(F)F. The Labute approximate surface area is 128 Å². The highest BCUT2D eigenvalue weighted by Crippen LogP contribution is 2.38. The second kappa shape index (κ2) is 10.8. The summed E-state index contributed by atoms with van der Waals surface area (Å²) >= 11 is 0. The van der Waals surface area contributed by atoms with Crippen molar-refractivity contribution in [1.29, 1.82) is 0 Å². The maximum atomic E-state index is 12.6. The van der Waals surface area contributed by atoms with Crippen LogP contribution in [0.1, 0.15) is 71.1 Å². The molecule has 0 bridgehead atoms. The molecule has 7 heteroatoms. The van der Waals surface area contributed by atoms with E-state index in [0.717, 1.165) is 25.7 Å². The number of halogens is 5. The standard InChI is InChI=1S/C15H26F5NO/c1-2-3-4-5-6-7-8-12-21-13(22)10-9-11-14(16,17)15(18,19)20/h2-12H2,1H3,(H,21,22). The van der Waals surface area contributed by atoms with Gasteiger partial charge in [0.1, 0.15) is 0 Å². The summed E-state index contributed by atoms with van der Waals surface area (Å²) in [7, 11) is 0. The molecule has 0 unspecified atom stereocenters. The van der Waals surface area contributed by atoms with Crippen molar-refractivity contribution in [1.82, 2.24) is 5.32 Å². The van der Waals surface area contributed by atoms with Gasteiger partial charge in [-0.1, -0.05) is 45.4 Å². The third-order valence-corrected chi connectivity index (χ3v) is 3.41. The van der Waals surface area contributed by atoms with E-state index in [1.807, 2.05) is 0 Å². The maximum absolute atomic E-state index is 12.6. The van der Waals surface area contributed by atoms with E-state index < -0.39 is 30.8 Å². The average molecular weight is 331 g/mol. The summed E-state index contributed by atoms with van der Waals surface area (Å²) in [5.41, 5.74) is 0. The molecule has 0 spiro atoms. The number of amides is 1. The van der Waals surface area contributed by atoms with Gasteiger partial charge in [0.05, 0.1) is 0 Å². The van der Waals surface area contributed by atoms with Crippen LogP contribution in [0.25, 0.3) is 0 Å². The third kappa shape index (κ3) is 9.95. The van der Waals surface area contributed by atoms with Crippen LogP contribution in [0.3, 0.4) is 0 Å². The first-order valence-electron chi connectivity index (χ1n) is 7.92. The molecule has 1 N–H and O–H groups in total. The molecular formula is C15H26F5NO. The Hall–Kier alpha value is -0.880. The van der Waals surface area contributed by atoms with E-state index in [1.54, 1.807) is 0 Å². The Morgan fingerprint density at radius 1 is 0.864 bits per heavy atom. The van der Waals surface area contributed by atoms with Gasteiger partial charge in [-0.15, -0.1) is 0 Å². The first-order valence-corrected chi connectivity index (χ1v) is 7.92. The summed E-state index contributed by atoms with van der Waals surface area (Å²) in [5, 5.41) is 2.54. The monoisotopic (exact) mass is 331 g/mol. The lowest BCUT2D eigenvalue weighted by Gasteiger charge is -2.19. The van der Waals surface area contributed by atoms with Gasteiger partial charge < -0.3 is 5.32 Å². The molecule has 0 fully saturated rings. The molecule has 0 aliphatic rings. The predicted octanol–water partition coefficient (Wildman–Crippen LogP) is 5.22. The molecule has 0 saturated carbocycles. The van der Waals surface area contributed by atoms with Crippen LogP contribution in [-0.4, -0.2) is 24.6 Å². The van der Waals surface area contributed by atoms with Crippen molar-refractivity contribution < 1.29 is 26.7 Å². The number of carbonyl (C=O) groups excluding carboxylic acids is 1. The lowest BCUT2D eigenvalue weighted by Crippen LogP contribution is -2.36. The fourth-order valence-corrected chi connectivity index (χ4v) is 2.01. The van der Waals surface area contributed by atoms with E-state index in [-0.39, 0.29) is 6.42 Å². The number of nitrogens with one attached hydrogen (secondary N) is 1. The highest BCUT2D eigenvalue weighted by Gasteiger charge is 2.56. The molecule has 132 valence electrons. The van der Waals surface area contributed by atoms with E-state index >= 15 is 0 Å². The summed E-state index contributed by atoms with van der Waals surface area (Å²) in [6.45, 7) is 2.59. The summed E-state index contributed by atoms with van der Waals surface area (Å²) < 4.78 is 60.9. The number of hydrogen-bond donors (Lipinski definition) is 1.